The molecule has 0 unspecified atom stereocenters. The number of hydrogen-bond acceptors (Lipinski definition) is 4. The molecule has 0 fully saturated rings. The zero-order chi connectivity index (χ0) is 7.84. The predicted molar refractivity (Wildman–Crippen MR) is 35.5 cm³/mol. The first-order valence-electron chi connectivity index (χ1n) is 3.09. The molecule has 0 bridgehead atoms. The number of hydrogen-bond donors (Lipinski definition) is 0. The van der Waals surface area contributed by atoms with Gasteiger partial charge in [0.05, 0.1) is 6.20 Å². The number of rotatable bonds is 0. The molecule has 2 aromatic rings. The Labute approximate surface area is 61.8 Å². The lowest BCUT2D eigenvalue weighted by atomic mass is 10.4. The first-order valence-corrected chi connectivity index (χ1v) is 3.09. The Bertz CT molecular complexity index is 396. The highest BCUT2D eigenvalue weighted by molar-refractivity contribution is 5.66. The van der Waals surface area contributed by atoms with Gasteiger partial charge in [-0.25, -0.2) is 4.98 Å². The van der Waals surface area contributed by atoms with Crippen LogP contribution in [-0.4, -0.2) is 10.1 Å². The zero-order valence-corrected chi connectivity index (χ0v) is 5.81. The van der Waals surface area contributed by atoms with Crippen molar-refractivity contribution in [1.29, 1.82) is 0 Å². The molecule has 0 atom stereocenters. The van der Waals surface area contributed by atoms with Gasteiger partial charge in [0.15, 0.2) is 0 Å². The summed E-state index contributed by atoms with van der Waals surface area (Å²) in [5, 5.41) is 14.5. The predicted octanol–water partition coefficient (Wildman–Crippen LogP) is 0.165. The average molecular weight is 151 g/mol. The fourth-order valence-corrected chi connectivity index (χ4v) is 0.882. The molecule has 0 spiro atoms. The monoisotopic (exact) mass is 151 g/mol. The molecule has 11 heavy (non-hydrogen) atoms. The van der Waals surface area contributed by atoms with Gasteiger partial charge in [0, 0.05) is 0 Å². The third kappa shape index (κ3) is 0.739. The van der Waals surface area contributed by atoms with Crippen LogP contribution in [0.1, 0.15) is 5.69 Å². The van der Waals surface area contributed by atoms with Crippen molar-refractivity contribution in [2.75, 3.05) is 0 Å². The van der Waals surface area contributed by atoms with Gasteiger partial charge in [-0.2, -0.15) is 0 Å². The molecule has 5 heteroatoms. The van der Waals surface area contributed by atoms with Gasteiger partial charge in [-0.3, -0.25) is 4.52 Å². The first-order chi connectivity index (χ1) is 5.29. The minimum atomic E-state index is 0.157. The van der Waals surface area contributed by atoms with E-state index < -0.39 is 0 Å². The number of aryl methyl sites for hydroxylation is 1. The normalized spacial score (nSPS) is 10.6. The smallest absolute Gasteiger partial charge is 0.434 e. The van der Waals surface area contributed by atoms with Gasteiger partial charge >= 0.3 is 5.71 Å². The largest absolute Gasteiger partial charge is 0.616 e. The van der Waals surface area contributed by atoms with Crippen LogP contribution >= 0.6 is 0 Å². The highest BCUT2D eigenvalue weighted by Gasteiger charge is 2.12. The molecule has 56 valence electrons. The summed E-state index contributed by atoms with van der Waals surface area (Å²) in [5.41, 5.74) is 1.30. The van der Waals surface area contributed by atoms with E-state index >= 15 is 0 Å². The zero-order valence-electron chi connectivity index (χ0n) is 5.81. The summed E-state index contributed by atoms with van der Waals surface area (Å²) >= 11 is 0. The second kappa shape index (κ2) is 1.91. The molecule has 0 saturated heterocycles. The fraction of sp³-hybridized carbons (Fsp3) is 0.167. The SMILES string of the molecule is Cc1noc2c1ncc[n+]2[O-]. The Kier molecular flexibility index (Phi) is 1.06. The Morgan fingerprint density at radius 3 is 3.18 bits per heavy atom. The van der Waals surface area contributed by atoms with E-state index in [1.54, 1.807) is 6.92 Å². The van der Waals surface area contributed by atoms with Crippen molar-refractivity contribution < 1.29 is 9.25 Å². The van der Waals surface area contributed by atoms with Crippen LogP contribution in [0.2, 0.25) is 0 Å². The molecule has 0 aliphatic carbocycles. The van der Waals surface area contributed by atoms with Gasteiger partial charge in [-0.1, -0.05) is 5.16 Å². The lowest BCUT2D eigenvalue weighted by Gasteiger charge is -1.90. The van der Waals surface area contributed by atoms with E-state index in [1.165, 1.54) is 12.4 Å². The molecule has 0 N–H and O–H groups in total. The standard InChI is InChI=1S/C6H5N3O2/c1-4-5-6(11-8-4)9(10)3-2-7-5/h2-3H,1H3. The Morgan fingerprint density at radius 2 is 2.45 bits per heavy atom. The van der Waals surface area contributed by atoms with Crippen molar-refractivity contribution >= 4 is 11.2 Å². The van der Waals surface area contributed by atoms with Gasteiger partial charge in [-0.15, -0.1) is 4.73 Å². The maximum absolute atomic E-state index is 10.9. The van der Waals surface area contributed by atoms with Crippen molar-refractivity contribution in [3.63, 3.8) is 0 Å². The Morgan fingerprint density at radius 1 is 1.64 bits per heavy atom. The van der Waals surface area contributed by atoms with Crippen molar-refractivity contribution in [2.24, 2.45) is 0 Å². The second-order valence-electron chi connectivity index (χ2n) is 2.17. The molecule has 0 aliphatic rings. The van der Waals surface area contributed by atoms with Crippen molar-refractivity contribution in [3.05, 3.63) is 23.3 Å². The molecular formula is C6H5N3O2. The summed E-state index contributed by atoms with van der Waals surface area (Å²) in [6.45, 7) is 1.73. The molecule has 0 saturated carbocycles. The van der Waals surface area contributed by atoms with Crippen LogP contribution < -0.4 is 4.73 Å². The van der Waals surface area contributed by atoms with Crippen molar-refractivity contribution in [2.45, 2.75) is 6.92 Å². The average Bonchev–Trinajstić information content (AvgIpc) is 2.35. The highest BCUT2D eigenvalue weighted by atomic mass is 16.5. The quantitative estimate of drug-likeness (QED) is 0.397. The molecule has 0 aliphatic heterocycles. The van der Waals surface area contributed by atoms with Gasteiger partial charge in [0.25, 0.3) is 0 Å². The van der Waals surface area contributed by atoms with E-state index in [0.29, 0.717) is 15.9 Å². The lowest BCUT2D eigenvalue weighted by molar-refractivity contribution is -0.585. The maximum Gasteiger partial charge on any atom is 0.434 e. The van der Waals surface area contributed by atoms with Crippen LogP contribution in [0.3, 0.4) is 0 Å². The Balaban J connectivity index is 2.94. The van der Waals surface area contributed by atoms with Crippen LogP contribution in [0, 0.1) is 12.1 Å². The van der Waals surface area contributed by atoms with Crippen LogP contribution in [0.5, 0.6) is 0 Å². The van der Waals surface area contributed by atoms with E-state index in [2.05, 4.69) is 10.1 Å². The van der Waals surface area contributed by atoms with Crippen LogP contribution in [-0.2, 0) is 0 Å². The summed E-state index contributed by atoms with van der Waals surface area (Å²) < 4.78 is 5.32. The van der Waals surface area contributed by atoms with E-state index in [1.807, 2.05) is 0 Å². The minimum absolute atomic E-state index is 0.157. The van der Waals surface area contributed by atoms with Gasteiger partial charge in [0.1, 0.15) is 5.69 Å². The molecule has 2 aromatic heterocycles. The van der Waals surface area contributed by atoms with Crippen LogP contribution in [0.4, 0.5) is 0 Å². The van der Waals surface area contributed by atoms with E-state index in [-0.39, 0.29) is 5.71 Å². The summed E-state index contributed by atoms with van der Waals surface area (Å²) in [5.74, 6) is 0. The van der Waals surface area contributed by atoms with Crippen LogP contribution in [0.15, 0.2) is 16.9 Å². The molecule has 0 aromatic carbocycles. The molecule has 0 amide bonds. The number of aromatic nitrogens is 3. The summed E-state index contributed by atoms with van der Waals surface area (Å²) in [6.07, 6.45) is 2.69. The van der Waals surface area contributed by atoms with E-state index in [0.717, 1.165) is 0 Å². The molecule has 0 radical (unpaired) electrons. The maximum atomic E-state index is 10.9. The van der Waals surface area contributed by atoms with Crippen molar-refractivity contribution in [1.82, 2.24) is 10.1 Å². The fourth-order valence-electron chi connectivity index (χ4n) is 0.882. The van der Waals surface area contributed by atoms with Crippen molar-refractivity contribution in [3.8, 4) is 0 Å². The lowest BCUT2D eigenvalue weighted by Crippen LogP contribution is -2.25. The van der Waals surface area contributed by atoms with Crippen LogP contribution in [0.25, 0.3) is 11.2 Å². The number of nitrogens with zero attached hydrogens (tertiary/aromatic N) is 3. The van der Waals surface area contributed by atoms with E-state index in [9.17, 15) is 5.21 Å². The van der Waals surface area contributed by atoms with Gasteiger partial charge in [0.2, 0.25) is 11.7 Å². The third-order valence-electron chi connectivity index (χ3n) is 1.42. The summed E-state index contributed by atoms with van der Waals surface area (Å²) in [4.78, 5) is 3.92. The Hall–Kier alpha value is -1.65. The summed E-state index contributed by atoms with van der Waals surface area (Å²) in [7, 11) is 0. The topological polar surface area (TPSA) is 65.9 Å². The minimum Gasteiger partial charge on any atom is -0.616 e. The molecule has 2 rings (SSSR count). The highest BCUT2D eigenvalue weighted by Crippen LogP contribution is 2.08. The van der Waals surface area contributed by atoms with Gasteiger partial charge < -0.3 is 5.21 Å². The molecule has 2 heterocycles. The first kappa shape index (κ1) is 6.09. The molecular weight excluding hydrogens is 146 g/mol. The van der Waals surface area contributed by atoms with E-state index in [4.69, 9.17) is 4.52 Å². The molecule has 5 nitrogen and oxygen atoms in total. The third-order valence-corrected chi connectivity index (χ3v) is 1.42. The number of fused-ring (bicyclic) bond motifs is 1. The van der Waals surface area contributed by atoms with Gasteiger partial charge in [-0.05, 0) is 6.92 Å². The second-order valence-corrected chi connectivity index (χ2v) is 2.17. The summed E-state index contributed by atoms with van der Waals surface area (Å²) in [6, 6.07) is 0.